The normalized spacial score (nSPS) is 12.5. The molecule has 6 heteroatoms. The predicted octanol–water partition coefficient (Wildman–Crippen LogP) is 23.5. The van der Waals surface area contributed by atoms with Crippen LogP contribution < -0.4 is 5.32 Å². The Hall–Kier alpha value is -1.40. The van der Waals surface area contributed by atoms with E-state index in [4.69, 9.17) is 4.74 Å². The number of ether oxygens (including phenoxy) is 1. The molecule has 0 heterocycles. The summed E-state index contributed by atoms with van der Waals surface area (Å²) in [4.78, 5) is 24.6. The molecule has 79 heavy (non-hydrogen) atoms. The second-order valence-electron chi connectivity index (χ2n) is 25.3. The molecule has 0 aromatic rings. The van der Waals surface area contributed by atoms with Gasteiger partial charge in [-0.1, -0.05) is 386 Å². The van der Waals surface area contributed by atoms with Gasteiger partial charge in [0.2, 0.25) is 5.91 Å². The summed E-state index contributed by atoms with van der Waals surface area (Å²) in [6.45, 7) is 4.95. The summed E-state index contributed by atoms with van der Waals surface area (Å²) in [5.74, 6) is -0.0369. The lowest BCUT2D eigenvalue weighted by atomic mass is 10.0. The van der Waals surface area contributed by atoms with Gasteiger partial charge in [-0.25, -0.2) is 0 Å². The average Bonchev–Trinajstić information content (AvgIpc) is 3.45. The molecule has 0 aromatic carbocycles. The van der Waals surface area contributed by atoms with E-state index in [1.807, 2.05) is 6.08 Å². The molecule has 470 valence electrons. The van der Waals surface area contributed by atoms with Gasteiger partial charge in [0, 0.05) is 12.8 Å². The van der Waals surface area contributed by atoms with E-state index in [0.717, 1.165) is 38.5 Å². The molecule has 0 saturated heterocycles. The van der Waals surface area contributed by atoms with Crippen LogP contribution in [-0.2, 0) is 14.3 Å². The first-order chi connectivity index (χ1) is 39.0. The van der Waals surface area contributed by atoms with Gasteiger partial charge >= 0.3 is 5.97 Å². The minimum atomic E-state index is -0.841. The lowest BCUT2D eigenvalue weighted by Crippen LogP contribution is -2.45. The third-order valence-corrected chi connectivity index (χ3v) is 17.3. The zero-order chi connectivity index (χ0) is 57.1. The second-order valence-corrected chi connectivity index (χ2v) is 25.3. The highest BCUT2D eigenvalue weighted by molar-refractivity contribution is 5.76. The summed E-state index contributed by atoms with van der Waals surface area (Å²) in [6, 6.07) is -0.624. The third-order valence-electron chi connectivity index (χ3n) is 17.3. The van der Waals surface area contributed by atoms with Crippen LogP contribution in [0.3, 0.4) is 0 Å². The number of carbonyl (C=O) groups excluding carboxylic acids is 2. The van der Waals surface area contributed by atoms with Crippen molar-refractivity contribution in [1.82, 2.24) is 5.32 Å². The minimum Gasteiger partial charge on any atom is -0.466 e. The standard InChI is InChI=1S/C73H143NO5/c1-3-5-7-9-11-13-15-17-19-20-35-38-41-45-49-53-57-61-65-71(76)70(69-75)74-72(77)66-62-58-54-50-46-42-39-36-33-31-29-27-25-23-21-22-24-26-28-30-32-34-37-40-44-48-52-56-60-64-68-79-73(78)67-63-59-55-51-47-43-18-16-14-12-10-8-6-4-2/h61,65,70-71,75-76H,3-60,62-64,66-69H2,1-2H3,(H,74,77)/b65-61+. The first kappa shape index (κ1) is 77.6. The Bertz CT molecular complexity index is 1190. The lowest BCUT2D eigenvalue weighted by molar-refractivity contribution is -0.143. The number of esters is 1. The molecule has 6 nitrogen and oxygen atoms in total. The van der Waals surface area contributed by atoms with Crippen LogP contribution in [-0.4, -0.2) is 47.4 Å². The van der Waals surface area contributed by atoms with Crippen LogP contribution in [0.25, 0.3) is 0 Å². The van der Waals surface area contributed by atoms with Gasteiger partial charge in [0.05, 0.1) is 25.4 Å². The monoisotopic (exact) mass is 1110 g/mol. The maximum Gasteiger partial charge on any atom is 0.305 e. The van der Waals surface area contributed by atoms with Crippen molar-refractivity contribution < 1.29 is 24.5 Å². The number of hydrogen-bond donors (Lipinski definition) is 3. The predicted molar refractivity (Wildman–Crippen MR) is 347 cm³/mol. The number of unbranched alkanes of at least 4 members (excludes halogenated alkanes) is 58. The molecule has 0 spiro atoms. The van der Waals surface area contributed by atoms with Crippen molar-refractivity contribution in [3.05, 3.63) is 12.2 Å². The SMILES string of the molecule is CCCCCCCCCCCCCCCCCC/C=C/C(O)C(CO)NC(=O)CCCCCCCCCCCCCCCCCCCCCCCCCCCCCCCCOC(=O)CCCCCCCCCCCCCCCC. The first-order valence-electron chi connectivity index (χ1n) is 36.5. The van der Waals surface area contributed by atoms with Crippen molar-refractivity contribution in [2.75, 3.05) is 13.2 Å². The highest BCUT2D eigenvalue weighted by atomic mass is 16.5. The van der Waals surface area contributed by atoms with Crippen LogP contribution in [0, 0.1) is 0 Å². The highest BCUT2D eigenvalue weighted by Crippen LogP contribution is 2.19. The van der Waals surface area contributed by atoms with Gasteiger partial charge in [-0.2, -0.15) is 0 Å². The quantitative estimate of drug-likeness (QED) is 0.0320. The molecular weight excluding hydrogens is 971 g/mol. The van der Waals surface area contributed by atoms with E-state index >= 15 is 0 Å². The smallest absolute Gasteiger partial charge is 0.305 e. The van der Waals surface area contributed by atoms with Crippen molar-refractivity contribution in [1.29, 1.82) is 0 Å². The number of carbonyl (C=O) groups is 2. The molecule has 0 fully saturated rings. The molecular formula is C73H143NO5. The fraction of sp³-hybridized carbons (Fsp3) is 0.945. The Morgan fingerprint density at radius 1 is 0.342 bits per heavy atom. The number of nitrogens with one attached hydrogen (secondary N) is 1. The third kappa shape index (κ3) is 65.6. The van der Waals surface area contributed by atoms with Gasteiger partial charge in [-0.05, 0) is 32.1 Å². The van der Waals surface area contributed by atoms with Crippen molar-refractivity contribution >= 4 is 11.9 Å². The molecule has 0 saturated carbocycles. The summed E-state index contributed by atoms with van der Waals surface area (Å²) in [7, 11) is 0. The van der Waals surface area contributed by atoms with E-state index in [9.17, 15) is 19.8 Å². The number of aliphatic hydroxyl groups is 2. The van der Waals surface area contributed by atoms with Crippen LogP contribution in [0.15, 0.2) is 12.2 Å². The molecule has 1 amide bonds. The summed E-state index contributed by atoms with van der Waals surface area (Å²) in [5, 5.41) is 23.2. The topological polar surface area (TPSA) is 95.9 Å². The maximum atomic E-state index is 12.5. The number of amides is 1. The number of hydrogen-bond acceptors (Lipinski definition) is 5. The highest BCUT2D eigenvalue weighted by Gasteiger charge is 2.18. The zero-order valence-electron chi connectivity index (χ0n) is 53.9. The maximum absolute atomic E-state index is 12.5. The number of aliphatic hydroxyl groups excluding tert-OH is 2. The van der Waals surface area contributed by atoms with Crippen molar-refractivity contribution in [3.63, 3.8) is 0 Å². The van der Waals surface area contributed by atoms with E-state index in [1.165, 1.54) is 353 Å². The van der Waals surface area contributed by atoms with Gasteiger partial charge in [-0.3, -0.25) is 9.59 Å². The van der Waals surface area contributed by atoms with E-state index in [1.54, 1.807) is 6.08 Å². The second kappa shape index (κ2) is 69.1. The zero-order valence-corrected chi connectivity index (χ0v) is 53.9. The van der Waals surface area contributed by atoms with Crippen LogP contribution in [0.1, 0.15) is 418 Å². The van der Waals surface area contributed by atoms with Gasteiger partial charge < -0.3 is 20.3 Å². The summed E-state index contributed by atoms with van der Waals surface area (Å²) >= 11 is 0. The molecule has 0 aromatic heterocycles. The summed E-state index contributed by atoms with van der Waals surface area (Å²) in [5.41, 5.74) is 0. The van der Waals surface area contributed by atoms with Crippen LogP contribution >= 0.6 is 0 Å². The van der Waals surface area contributed by atoms with E-state index in [-0.39, 0.29) is 18.5 Å². The molecule has 0 aliphatic rings. The Kier molecular flexibility index (Phi) is 67.9. The van der Waals surface area contributed by atoms with Gasteiger partial charge in [0.15, 0.2) is 0 Å². The Labute approximate surface area is 495 Å². The molecule has 0 aliphatic carbocycles. The minimum absolute atomic E-state index is 0.0231. The number of allylic oxidation sites excluding steroid dienone is 1. The van der Waals surface area contributed by atoms with Crippen LogP contribution in [0.4, 0.5) is 0 Å². The first-order valence-corrected chi connectivity index (χ1v) is 36.5. The Morgan fingerprint density at radius 3 is 0.861 bits per heavy atom. The van der Waals surface area contributed by atoms with E-state index < -0.39 is 12.1 Å². The Balaban J connectivity index is 3.34. The molecule has 3 N–H and O–H groups in total. The molecule has 0 radical (unpaired) electrons. The average molecular weight is 1110 g/mol. The largest absolute Gasteiger partial charge is 0.466 e. The fourth-order valence-corrected chi connectivity index (χ4v) is 11.8. The van der Waals surface area contributed by atoms with Crippen molar-refractivity contribution in [2.45, 2.75) is 431 Å². The van der Waals surface area contributed by atoms with Gasteiger partial charge in [0.25, 0.3) is 0 Å². The summed E-state index contributed by atoms with van der Waals surface area (Å²) < 4.78 is 5.50. The molecule has 2 atom stereocenters. The van der Waals surface area contributed by atoms with E-state index in [2.05, 4.69) is 19.2 Å². The van der Waals surface area contributed by atoms with Crippen LogP contribution in [0.5, 0.6) is 0 Å². The van der Waals surface area contributed by atoms with Crippen molar-refractivity contribution in [3.8, 4) is 0 Å². The van der Waals surface area contributed by atoms with Crippen LogP contribution in [0.2, 0.25) is 0 Å². The number of rotatable bonds is 69. The molecule has 0 rings (SSSR count). The summed E-state index contributed by atoms with van der Waals surface area (Å²) in [6.07, 6.45) is 85.9. The van der Waals surface area contributed by atoms with Gasteiger partial charge in [-0.15, -0.1) is 0 Å². The molecule has 0 aliphatic heterocycles. The van der Waals surface area contributed by atoms with E-state index in [0.29, 0.717) is 19.4 Å². The Morgan fingerprint density at radius 2 is 0.582 bits per heavy atom. The molecule has 2 unspecified atom stereocenters. The fourth-order valence-electron chi connectivity index (χ4n) is 11.8. The lowest BCUT2D eigenvalue weighted by Gasteiger charge is -2.20. The van der Waals surface area contributed by atoms with Gasteiger partial charge in [0.1, 0.15) is 0 Å². The van der Waals surface area contributed by atoms with Crippen molar-refractivity contribution in [2.24, 2.45) is 0 Å². The molecule has 0 bridgehead atoms.